The zero-order valence-electron chi connectivity index (χ0n) is 29.4. The molecule has 0 spiro atoms. The summed E-state index contributed by atoms with van der Waals surface area (Å²) in [7, 11) is -0.870. The van der Waals surface area contributed by atoms with Crippen LogP contribution in [-0.2, 0) is 4.52 Å². The first-order valence-corrected chi connectivity index (χ1v) is 20.9. The molecule has 43 heavy (non-hydrogen) atoms. The lowest BCUT2D eigenvalue weighted by Gasteiger charge is -2.07. The van der Waals surface area contributed by atoms with E-state index in [2.05, 4.69) is 65.3 Å². The lowest BCUT2D eigenvalue weighted by molar-refractivity contribution is 0.310. The van der Waals surface area contributed by atoms with Crippen LogP contribution in [0.2, 0.25) is 0 Å². The topological polar surface area (TPSA) is 98.5 Å². The monoisotopic (exact) mass is 668 g/mol. The van der Waals surface area contributed by atoms with Gasteiger partial charge in [0.15, 0.2) is 10.3 Å². The first kappa shape index (κ1) is 47.4. The van der Waals surface area contributed by atoms with Crippen LogP contribution in [0.3, 0.4) is 0 Å². The molecule has 0 saturated carbocycles. The van der Waals surface area contributed by atoms with Crippen LogP contribution >= 0.6 is 32.1 Å². The van der Waals surface area contributed by atoms with Crippen LogP contribution < -0.4 is 10.6 Å². The molecule has 4 N–H and O–H groups in total. The largest absolute Gasteiger partial charge is 0.365 e. The lowest BCUT2D eigenvalue weighted by atomic mass is 10.1. The van der Waals surface area contributed by atoms with Crippen LogP contribution in [0.5, 0.6) is 0 Å². The zero-order valence-corrected chi connectivity index (χ0v) is 32.0. The predicted octanol–water partition coefficient (Wildman–Crippen LogP) is 10.3. The third-order valence-corrected chi connectivity index (χ3v) is 8.34. The number of nitrogens with one attached hydrogen (secondary N) is 2. The predicted molar refractivity (Wildman–Crippen MR) is 201 cm³/mol. The van der Waals surface area contributed by atoms with Crippen LogP contribution in [-0.4, -0.2) is 65.9 Å². The van der Waals surface area contributed by atoms with Crippen molar-refractivity contribution in [1.82, 2.24) is 10.6 Å². The van der Waals surface area contributed by atoms with Gasteiger partial charge in [-0.1, -0.05) is 154 Å². The second-order valence-electron chi connectivity index (χ2n) is 10.7. The first-order chi connectivity index (χ1) is 21.0. The summed E-state index contributed by atoms with van der Waals surface area (Å²) in [5, 5.41) is 9.18. The molecule has 0 saturated heterocycles. The SMILES string of the molecule is CCCCCCCN=C(NCCCCCCC)SC.CCCCCCCN=C(NCCCCCCC)SC.COP(O)O. The molecule has 10 heteroatoms. The smallest absolute Gasteiger partial charge is 0.326 e. The molecule has 0 aromatic carbocycles. The Balaban J connectivity index is -0.000000642. The Morgan fingerprint density at radius 3 is 1.07 bits per heavy atom. The Labute approximate surface area is 278 Å². The molecule has 0 aliphatic heterocycles. The highest BCUT2D eigenvalue weighted by Crippen LogP contribution is 2.20. The van der Waals surface area contributed by atoms with Gasteiger partial charge in [0.1, 0.15) is 0 Å². The van der Waals surface area contributed by atoms with E-state index in [0.29, 0.717) is 0 Å². The Hall–Kier alpha value is -0.0500. The number of nitrogens with zero attached hydrogens (tertiary/aromatic N) is 2. The Kier molecular flexibility index (Phi) is 48.5. The third kappa shape index (κ3) is 46.5. The molecule has 0 aliphatic carbocycles. The average molecular weight is 669 g/mol. The molecule has 0 bridgehead atoms. The molecular weight excluding hydrogens is 595 g/mol. The summed E-state index contributed by atoms with van der Waals surface area (Å²) in [6.45, 7) is 13.2. The summed E-state index contributed by atoms with van der Waals surface area (Å²) in [5.41, 5.74) is 0. The van der Waals surface area contributed by atoms with E-state index < -0.39 is 8.60 Å². The maximum absolute atomic E-state index is 7.76. The number of amidine groups is 2. The van der Waals surface area contributed by atoms with Gasteiger partial charge < -0.3 is 24.9 Å². The number of thioether (sulfide) groups is 2. The maximum Gasteiger partial charge on any atom is 0.326 e. The highest BCUT2D eigenvalue weighted by Gasteiger charge is 1.97. The Bertz CT molecular complexity index is 530. The summed E-state index contributed by atoms with van der Waals surface area (Å²) in [6, 6.07) is 0. The zero-order chi connectivity index (χ0) is 32.7. The summed E-state index contributed by atoms with van der Waals surface area (Å²) < 4.78 is 3.93. The number of aliphatic imine (C=N–C) groups is 2. The molecule has 0 unspecified atom stereocenters. The van der Waals surface area contributed by atoms with Gasteiger partial charge >= 0.3 is 8.60 Å². The van der Waals surface area contributed by atoms with E-state index in [1.807, 2.05) is 0 Å². The van der Waals surface area contributed by atoms with E-state index in [-0.39, 0.29) is 0 Å². The van der Waals surface area contributed by atoms with Crippen LogP contribution in [0.15, 0.2) is 9.98 Å². The third-order valence-electron chi connectivity index (χ3n) is 6.70. The molecule has 0 amide bonds. The highest BCUT2D eigenvalue weighted by molar-refractivity contribution is 8.13. The van der Waals surface area contributed by atoms with Crippen molar-refractivity contribution in [1.29, 1.82) is 0 Å². The van der Waals surface area contributed by atoms with Gasteiger partial charge in [-0.25, -0.2) is 0 Å². The van der Waals surface area contributed by atoms with Crippen LogP contribution in [0.25, 0.3) is 0 Å². The molecule has 7 nitrogen and oxygen atoms in total. The molecule has 260 valence electrons. The first-order valence-electron chi connectivity index (χ1n) is 17.3. The normalized spacial score (nSPS) is 11.6. The molecule has 0 atom stereocenters. The minimum Gasteiger partial charge on any atom is -0.365 e. The van der Waals surface area contributed by atoms with Gasteiger partial charge in [0.25, 0.3) is 0 Å². The van der Waals surface area contributed by atoms with Crippen molar-refractivity contribution in [3.63, 3.8) is 0 Å². The van der Waals surface area contributed by atoms with Gasteiger partial charge in [0, 0.05) is 33.3 Å². The van der Waals surface area contributed by atoms with Crippen molar-refractivity contribution in [2.45, 2.75) is 156 Å². The second kappa shape index (κ2) is 44.1. The lowest BCUT2D eigenvalue weighted by Crippen LogP contribution is -2.21. The molecule has 0 aromatic heterocycles. The maximum atomic E-state index is 7.76. The number of unbranched alkanes of at least 4 members (excludes halogenated alkanes) is 16. The minimum absolute atomic E-state index is 0.989. The molecule has 0 radical (unpaired) electrons. The van der Waals surface area contributed by atoms with Crippen molar-refractivity contribution < 1.29 is 14.3 Å². The van der Waals surface area contributed by atoms with E-state index in [0.717, 1.165) is 36.5 Å². The fraction of sp³-hybridized carbons (Fsp3) is 0.939. The fourth-order valence-corrected chi connectivity index (χ4v) is 4.96. The number of rotatable bonds is 25. The van der Waals surface area contributed by atoms with E-state index in [1.54, 1.807) is 23.5 Å². The van der Waals surface area contributed by atoms with Crippen molar-refractivity contribution in [3.05, 3.63) is 0 Å². The van der Waals surface area contributed by atoms with Gasteiger partial charge in [0.05, 0.1) is 0 Å². The van der Waals surface area contributed by atoms with E-state index >= 15 is 0 Å². The molecular formula is C33H73N4O3PS2. The Morgan fingerprint density at radius 2 is 0.814 bits per heavy atom. The molecule has 0 rings (SSSR count). The standard InChI is InChI=1S/2C16H34N2S.CH5O3P/c2*1-4-6-8-10-12-14-17-16(19-3)18-15-13-11-9-7-5-2;1-4-5(2)3/h2*4-15H2,1-3H3,(H,17,18);2-3H,1H3. The quantitative estimate of drug-likeness (QED) is 0.0333. The summed E-state index contributed by atoms with van der Waals surface area (Å²) in [5.74, 6) is 0. The van der Waals surface area contributed by atoms with Crippen molar-refractivity contribution >= 4 is 42.5 Å². The molecule has 0 aromatic rings. The second-order valence-corrected chi connectivity index (χ2v) is 13.2. The van der Waals surface area contributed by atoms with Gasteiger partial charge in [-0.15, -0.1) is 0 Å². The number of hydrogen-bond donors (Lipinski definition) is 4. The van der Waals surface area contributed by atoms with Gasteiger partial charge in [0.2, 0.25) is 0 Å². The highest BCUT2D eigenvalue weighted by atomic mass is 32.2. The van der Waals surface area contributed by atoms with Crippen LogP contribution in [0.1, 0.15) is 156 Å². The van der Waals surface area contributed by atoms with Gasteiger partial charge in [-0.3, -0.25) is 9.98 Å². The fourth-order valence-electron chi connectivity index (χ4n) is 4.02. The van der Waals surface area contributed by atoms with Crippen molar-refractivity contribution in [3.8, 4) is 0 Å². The number of hydrogen-bond acceptors (Lipinski definition) is 7. The van der Waals surface area contributed by atoms with Gasteiger partial charge in [-0.05, 0) is 38.2 Å². The average Bonchev–Trinajstić information content (AvgIpc) is 3.02. The summed E-state index contributed by atoms with van der Waals surface area (Å²) >= 11 is 3.49. The Morgan fingerprint density at radius 1 is 0.535 bits per heavy atom. The van der Waals surface area contributed by atoms with E-state index in [4.69, 9.17) is 9.79 Å². The van der Waals surface area contributed by atoms with E-state index in [1.165, 1.54) is 136 Å². The van der Waals surface area contributed by atoms with Crippen LogP contribution in [0, 0.1) is 0 Å². The molecule has 0 fully saturated rings. The minimum atomic E-state index is -2.10. The molecule has 0 heterocycles. The van der Waals surface area contributed by atoms with E-state index in [9.17, 15) is 0 Å². The van der Waals surface area contributed by atoms with Crippen LogP contribution in [0.4, 0.5) is 0 Å². The van der Waals surface area contributed by atoms with Gasteiger partial charge in [-0.2, -0.15) is 0 Å². The molecule has 0 aliphatic rings. The summed E-state index contributed by atoms with van der Waals surface area (Å²) in [6.07, 6.45) is 30.9. The summed E-state index contributed by atoms with van der Waals surface area (Å²) in [4.78, 5) is 24.8. The van der Waals surface area contributed by atoms with Crippen molar-refractivity contribution in [2.24, 2.45) is 9.98 Å². The van der Waals surface area contributed by atoms with Crippen molar-refractivity contribution in [2.75, 3.05) is 45.8 Å².